The van der Waals surface area contributed by atoms with Crippen molar-refractivity contribution < 1.29 is 9.53 Å². The normalized spacial score (nSPS) is 17.3. The van der Waals surface area contributed by atoms with E-state index in [9.17, 15) is 4.79 Å². The van der Waals surface area contributed by atoms with Crippen LogP contribution in [0.25, 0.3) is 0 Å². The molecule has 1 saturated heterocycles. The van der Waals surface area contributed by atoms with E-state index >= 15 is 0 Å². The van der Waals surface area contributed by atoms with Gasteiger partial charge in [0.2, 0.25) is 0 Å². The number of nitrogens with one attached hydrogen (secondary N) is 2. The standard InChI is InChI=1S/C19H30N2O2/c1-13(2)15-5-7-16(8-6-15)18(14(3)4)21-19(22)20-17-9-11-23-12-10-17/h5-8,13-14,17-18H,9-12H2,1-4H3,(H2,20,21,22)/t18-/m0/s1. The Morgan fingerprint density at radius 3 is 2.13 bits per heavy atom. The lowest BCUT2D eigenvalue weighted by Crippen LogP contribution is -2.46. The predicted octanol–water partition coefficient (Wildman–Crippen LogP) is 3.99. The average molecular weight is 318 g/mol. The minimum Gasteiger partial charge on any atom is -0.381 e. The Balaban J connectivity index is 1.98. The molecule has 4 nitrogen and oxygen atoms in total. The highest BCUT2D eigenvalue weighted by Gasteiger charge is 2.21. The molecule has 128 valence electrons. The molecule has 1 aliphatic rings. The van der Waals surface area contributed by atoms with E-state index in [-0.39, 0.29) is 18.1 Å². The van der Waals surface area contributed by atoms with Gasteiger partial charge < -0.3 is 15.4 Å². The van der Waals surface area contributed by atoms with Crippen molar-refractivity contribution in [3.63, 3.8) is 0 Å². The Labute approximate surface area is 140 Å². The topological polar surface area (TPSA) is 50.4 Å². The number of carbonyl (C=O) groups excluding carboxylic acids is 1. The van der Waals surface area contributed by atoms with Crippen LogP contribution in [0.2, 0.25) is 0 Å². The van der Waals surface area contributed by atoms with Gasteiger partial charge in [0.25, 0.3) is 0 Å². The van der Waals surface area contributed by atoms with Crippen LogP contribution in [-0.4, -0.2) is 25.3 Å². The third kappa shape index (κ3) is 5.24. The highest BCUT2D eigenvalue weighted by Crippen LogP contribution is 2.24. The van der Waals surface area contributed by atoms with E-state index in [4.69, 9.17) is 4.74 Å². The van der Waals surface area contributed by atoms with Gasteiger partial charge in [-0.15, -0.1) is 0 Å². The maximum absolute atomic E-state index is 12.3. The van der Waals surface area contributed by atoms with E-state index < -0.39 is 0 Å². The minimum absolute atomic E-state index is 0.0241. The quantitative estimate of drug-likeness (QED) is 0.862. The lowest BCUT2D eigenvalue weighted by Gasteiger charge is -2.27. The molecular formula is C19H30N2O2. The van der Waals surface area contributed by atoms with Gasteiger partial charge in [-0.1, -0.05) is 52.0 Å². The van der Waals surface area contributed by atoms with Gasteiger partial charge in [0, 0.05) is 19.3 Å². The summed E-state index contributed by atoms with van der Waals surface area (Å²) < 4.78 is 5.33. The van der Waals surface area contributed by atoms with Crippen LogP contribution in [0, 0.1) is 5.92 Å². The van der Waals surface area contributed by atoms with E-state index in [1.54, 1.807) is 0 Å². The molecule has 0 saturated carbocycles. The zero-order valence-corrected chi connectivity index (χ0v) is 14.8. The summed E-state index contributed by atoms with van der Waals surface area (Å²) in [5, 5.41) is 6.21. The van der Waals surface area contributed by atoms with Crippen molar-refractivity contribution in [2.75, 3.05) is 13.2 Å². The second kappa shape index (κ2) is 8.34. The first-order chi connectivity index (χ1) is 11.0. The Bertz CT molecular complexity index is 491. The lowest BCUT2D eigenvalue weighted by atomic mass is 9.93. The Morgan fingerprint density at radius 1 is 1.04 bits per heavy atom. The number of benzene rings is 1. The van der Waals surface area contributed by atoms with Gasteiger partial charge in [0.15, 0.2) is 0 Å². The van der Waals surface area contributed by atoms with Crippen molar-refractivity contribution in [3.8, 4) is 0 Å². The van der Waals surface area contributed by atoms with Crippen LogP contribution in [0.15, 0.2) is 24.3 Å². The molecule has 0 aromatic heterocycles. The summed E-state index contributed by atoms with van der Waals surface area (Å²) in [7, 11) is 0. The first kappa shape index (κ1) is 17.8. The number of amides is 2. The molecule has 0 radical (unpaired) electrons. The molecule has 1 aromatic rings. The lowest BCUT2D eigenvalue weighted by molar-refractivity contribution is 0.0798. The monoisotopic (exact) mass is 318 g/mol. The van der Waals surface area contributed by atoms with E-state index in [2.05, 4.69) is 62.6 Å². The number of hydrogen-bond acceptors (Lipinski definition) is 2. The van der Waals surface area contributed by atoms with Crippen LogP contribution >= 0.6 is 0 Å². The van der Waals surface area contributed by atoms with E-state index in [0.29, 0.717) is 11.8 Å². The smallest absolute Gasteiger partial charge is 0.315 e. The molecule has 1 heterocycles. The van der Waals surface area contributed by atoms with Crippen LogP contribution in [0.1, 0.15) is 63.6 Å². The molecule has 0 aliphatic carbocycles. The number of hydrogen-bond donors (Lipinski definition) is 2. The van der Waals surface area contributed by atoms with Gasteiger partial charge in [-0.25, -0.2) is 4.79 Å². The molecule has 1 fully saturated rings. The zero-order chi connectivity index (χ0) is 16.8. The first-order valence-electron chi connectivity index (χ1n) is 8.72. The summed E-state index contributed by atoms with van der Waals surface area (Å²) in [5.41, 5.74) is 2.48. The molecule has 0 spiro atoms. The molecule has 4 heteroatoms. The second-order valence-corrected chi connectivity index (χ2v) is 7.05. The third-order valence-electron chi connectivity index (χ3n) is 4.47. The van der Waals surface area contributed by atoms with Gasteiger partial charge in [-0.05, 0) is 35.8 Å². The van der Waals surface area contributed by atoms with Gasteiger partial charge in [-0.2, -0.15) is 0 Å². The molecule has 2 rings (SSSR count). The predicted molar refractivity (Wildman–Crippen MR) is 93.6 cm³/mol. The van der Waals surface area contributed by atoms with Crippen LogP contribution < -0.4 is 10.6 Å². The molecule has 23 heavy (non-hydrogen) atoms. The summed E-state index contributed by atoms with van der Waals surface area (Å²) in [4.78, 5) is 12.3. The van der Waals surface area contributed by atoms with Gasteiger partial charge in [0.05, 0.1) is 6.04 Å². The summed E-state index contributed by atoms with van der Waals surface area (Å²) >= 11 is 0. The second-order valence-electron chi connectivity index (χ2n) is 7.05. The zero-order valence-electron chi connectivity index (χ0n) is 14.8. The number of urea groups is 1. The molecule has 1 aliphatic heterocycles. The Morgan fingerprint density at radius 2 is 1.61 bits per heavy atom. The fourth-order valence-corrected chi connectivity index (χ4v) is 2.93. The highest BCUT2D eigenvalue weighted by atomic mass is 16.5. The molecule has 1 aromatic carbocycles. The summed E-state index contributed by atoms with van der Waals surface area (Å²) in [6.07, 6.45) is 1.78. The fraction of sp³-hybridized carbons (Fsp3) is 0.632. The number of ether oxygens (including phenoxy) is 1. The van der Waals surface area contributed by atoms with Crippen molar-refractivity contribution >= 4 is 6.03 Å². The molecular weight excluding hydrogens is 288 g/mol. The highest BCUT2D eigenvalue weighted by molar-refractivity contribution is 5.74. The van der Waals surface area contributed by atoms with Crippen molar-refractivity contribution in [1.29, 1.82) is 0 Å². The molecule has 2 N–H and O–H groups in total. The molecule has 2 amide bonds. The van der Waals surface area contributed by atoms with Gasteiger partial charge in [-0.3, -0.25) is 0 Å². The van der Waals surface area contributed by atoms with Crippen LogP contribution in [0.4, 0.5) is 4.79 Å². The molecule has 1 atom stereocenters. The maximum atomic E-state index is 12.3. The molecule has 0 unspecified atom stereocenters. The number of rotatable bonds is 5. The van der Waals surface area contributed by atoms with Crippen LogP contribution in [0.3, 0.4) is 0 Å². The van der Waals surface area contributed by atoms with Gasteiger partial charge in [0.1, 0.15) is 0 Å². The van der Waals surface area contributed by atoms with Crippen molar-refractivity contribution in [1.82, 2.24) is 10.6 Å². The maximum Gasteiger partial charge on any atom is 0.315 e. The van der Waals surface area contributed by atoms with E-state index in [0.717, 1.165) is 31.6 Å². The van der Waals surface area contributed by atoms with Crippen LogP contribution in [0.5, 0.6) is 0 Å². The largest absolute Gasteiger partial charge is 0.381 e. The summed E-state index contributed by atoms with van der Waals surface area (Å²) in [6.45, 7) is 10.1. The van der Waals surface area contributed by atoms with Crippen molar-refractivity contribution in [3.05, 3.63) is 35.4 Å². The Hall–Kier alpha value is -1.55. The fourth-order valence-electron chi connectivity index (χ4n) is 2.93. The summed E-state index contributed by atoms with van der Waals surface area (Å²) in [5.74, 6) is 0.853. The third-order valence-corrected chi connectivity index (χ3v) is 4.47. The minimum atomic E-state index is -0.0801. The van der Waals surface area contributed by atoms with E-state index in [1.165, 1.54) is 5.56 Å². The number of carbonyl (C=O) groups is 1. The Kier molecular flexibility index (Phi) is 6.46. The average Bonchev–Trinajstić information content (AvgIpc) is 2.53. The van der Waals surface area contributed by atoms with Crippen molar-refractivity contribution in [2.24, 2.45) is 5.92 Å². The first-order valence-corrected chi connectivity index (χ1v) is 8.72. The summed E-state index contributed by atoms with van der Waals surface area (Å²) in [6, 6.07) is 8.75. The van der Waals surface area contributed by atoms with E-state index in [1.807, 2.05) is 0 Å². The SMILES string of the molecule is CC(C)c1ccc([C@@H](NC(=O)NC2CCOCC2)C(C)C)cc1. The van der Waals surface area contributed by atoms with Crippen LogP contribution in [-0.2, 0) is 4.74 Å². The van der Waals surface area contributed by atoms with Gasteiger partial charge >= 0.3 is 6.03 Å². The molecule has 0 bridgehead atoms. The van der Waals surface area contributed by atoms with Crippen molar-refractivity contribution in [2.45, 2.75) is 58.5 Å².